The largest absolute Gasteiger partial charge is 0.375 e. The summed E-state index contributed by atoms with van der Waals surface area (Å²) in [5, 5.41) is 0.583. The number of nitrogens with zero attached hydrogens (tertiary/aromatic N) is 2. The number of pyridine rings is 1. The minimum atomic E-state index is 0.583. The third kappa shape index (κ3) is 1.21. The molecule has 0 unspecified atom stereocenters. The summed E-state index contributed by atoms with van der Waals surface area (Å²) in [6, 6.07) is 1.91. The van der Waals surface area contributed by atoms with Gasteiger partial charge >= 0.3 is 0 Å². The molecule has 0 radical (unpaired) electrons. The molecule has 0 amide bonds. The lowest BCUT2D eigenvalue weighted by Crippen LogP contribution is -1.79. The lowest BCUT2D eigenvalue weighted by atomic mass is 10.5. The van der Waals surface area contributed by atoms with Crippen LogP contribution >= 0.6 is 27.3 Å². The Morgan fingerprint density at radius 2 is 2.36 bits per heavy atom. The first-order valence-electron chi connectivity index (χ1n) is 2.93. The van der Waals surface area contributed by atoms with Crippen LogP contribution in [0.25, 0.3) is 10.2 Å². The number of thiazole rings is 1. The van der Waals surface area contributed by atoms with E-state index in [1.54, 1.807) is 6.20 Å². The Bertz CT molecular complexity index is 398. The quantitative estimate of drug-likeness (QED) is 0.704. The average Bonchev–Trinajstić information content (AvgIpc) is 2.27. The predicted molar refractivity (Wildman–Crippen MR) is 49.5 cm³/mol. The maximum Gasteiger partial charge on any atom is 0.181 e. The van der Waals surface area contributed by atoms with Crippen molar-refractivity contribution in [1.82, 2.24) is 9.97 Å². The Morgan fingerprint density at radius 1 is 1.55 bits per heavy atom. The maximum absolute atomic E-state index is 5.50. The van der Waals surface area contributed by atoms with Gasteiger partial charge in [0.1, 0.15) is 10.1 Å². The number of hydrogen-bond acceptors (Lipinski definition) is 4. The summed E-state index contributed by atoms with van der Waals surface area (Å²) in [6.07, 6.45) is 1.70. The van der Waals surface area contributed by atoms with Crippen molar-refractivity contribution in [3.05, 3.63) is 16.9 Å². The van der Waals surface area contributed by atoms with Crippen LogP contribution in [0.1, 0.15) is 0 Å². The van der Waals surface area contributed by atoms with Crippen molar-refractivity contribution in [3.8, 4) is 0 Å². The van der Waals surface area contributed by atoms with Gasteiger partial charge in [0.25, 0.3) is 0 Å². The zero-order valence-electron chi connectivity index (χ0n) is 5.41. The molecule has 0 atom stereocenters. The standard InChI is InChI=1S/C6H4BrN3S/c7-5-1-4-3(2-9-5)10-6(8)11-4/h1-2H,(H2,8,10). The van der Waals surface area contributed by atoms with E-state index in [1.807, 2.05) is 6.07 Å². The number of nitrogens with two attached hydrogens (primary N) is 1. The molecule has 0 saturated heterocycles. The highest BCUT2D eigenvalue weighted by Gasteiger charge is 2.00. The van der Waals surface area contributed by atoms with Gasteiger partial charge in [-0.05, 0) is 22.0 Å². The molecule has 2 N–H and O–H groups in total. The summed E-state index contributed by atoms with van der Waals surface area (Å²) < 4.78 is 1.87. The van der Waals surface area contributed by atoms with Gasteiger partial charge in [0.15, 0.2) is 5.13 Å². The van der Waals surface area contributed by atoms with Gasteiger partial charge in [-0.25, -0.2) is 9.97 Å². The van der Waals surface area contributed by atoms with E-state index >= 15 is 0 Å². The highest BCUT2D eigenvalue weighted by atomic mass is 79.9. The van der Waals surface area contributed by atoms with Crippen LogP contribution in [0.3, 0.4) is 0 Å². The maximum atomic E-state index is 5.50. The van der Waals surface area contributed by atoms with Crippen molar-refractivity contribution >= 4 is 42.6 Å². The first-order valence-corrected chi connectivity index (χ1v) is 4.54. The van der Waals surface area contributed by atoms with Crippen molar-refractivity contribution in [1.29, 1.82) is 0 Å². The number of nitrogen functional groups attached to an aromatic ring is 1. The Morgan fingerprint density at radius 3 is 3.18 bits per heavy atom. The Balaban J connectivity index is 2.82. The van der Waals surface area contributed by atoms with E-state index < -0.39 is 0 Å². The molecule has 2 rings (SSSR count). The Hall–Kier alpha value is -0.680. The van der Waals surface area contributed by atoms with Gasteiger partial charge in [0, 0.05) is 0 Å². The fourth-order valence-corrected chi connectivity index (χ4v) is 2.05. The van der Waals surface area contributed by atoms with Crippen molar-refractivity contribution in [2.24, 2.45) is 0 Å². The fourth-order valence-electron chi connectivity index (χ4n) is 0.826. The summed E-state index contributed by atoms with van der Waals surface area (Å²) in [7, 11) is 0. The van der Waals surface area contributed by atoms with Gasteiger partial charge < -0.3 is 5.73 Å². The van der Waals surface area contributed by atoms with Crippen LogP contribution < -0.4 is 5.73 Å². The van der Waals surface area contributed by atoms with E-state index in [9.17, 15) is 0 Å². The van der Waals surface area contributed by atoms with Gasteiger partial charge in [0.2, 0.25) is 0 Å². The van der Waals surface area contributed by atoms with Gasteiger partial charge in [0.05, 0.1) is 10.9 Å². The van der Waals surface area contributed by atoms with E-state index in [0.29, 0.717) is 5.13 Å². The normalized spacial score (nSPS) is 10.6. The zero-order valence-corrected chi connectivity index (χ0v) is 7.82. The molecular weight excluding hydrogens is 226 g/mol. The molecule has 11 heavy (non-hydrogen) atoms. The third-order valence-electron chi connectivity index (χ3n) is 1.26. The molecular formula is C6H4BrN3S. The number of aromatic nitrogens is 2. The summed E-state index contributed by atoms with van der Waals surface area (Å²) >= 11 is 4.73. The lowest BCUT2D eigenvalue weighted by molar-refractivity contribution is 1.29. The first kappa shape index (κ1) is 7.00. The highest BCUT2D eigenvalue weighted by Crippen LogP contribution is 2.24. The number of rotatable bonds is 0. The number of anilines is 1. The van der Waals surface area contributed by atoms with Crippen LogP contribution in [0.4, 0.5) is 5.13 Å². The highest BCUT2D eigenvalue weighted by molar-refractivity contribution is 9.10. The molecule has 0 aliphatic carbocycles. The summed E-state index contributed by atoms with van der Waals surface area (Å²) in [6.45, 7) is 0. The molecule has 0 spiro atoms. The van der Waals surface area contributed by atoms with E-state index in [1.165, 1.54) is 11.3 Å². The average molecular weight is 230 g/mol. The minimum Gasteiger partial charge on any atom is -0.375 e. The molecule has 3 nitrogen and oxygen atoms in total. The number of halogens is 1. The number of fused-ring (bicyclic) bond motifs is 1. The molecule has 0 fully saturated rings. The monoisotopic (exact) mass is 229 g/mol. The smallest absolute Gasteiger partial charge is 0.181 e. The van der Waals surface area contributed by atoms with Crippen LogP contribution in [0.2, 0.25) is 0 Å². The van der Waals surface area contributed by atoms with Gasteiger partial charge in [-0.1, -0.05) is 11.3 Å². The summed E-state index contributed by atoms with van der Waals surface area (Å²) in [5.41, 5.74) is 6.36. The molecule has 0 aromatic carbocycles. The second-order valence-corrected chi connectivity index (χ2v) is 3.90. The van der Waals surface area contributed by atoms with E-state index in [0.717, 1.165) is 14.8 Å². The second-order valence-electron chi connectivity index (χ2n) is 2.03. The summed E-state index contributed by atoms with van der Waals surface area (Å²) in [4.78, 5) is 8.09. The molecule has 0 aliphatic heterocycles. The second kappa shape index (κ2) is 2.42. The molecule has 5 heteroatoms. The van der Waals surface area contributed by atoms with Gasteiger partial charge in [-0.15, -0.1) is 0 Å². The van der Waals surface area contributed by atoms with E-state index in [4.69, 9.17) is 5.73 Å². The molecule has 0 bridgehead atoms. The number of hydrogen-bond donors (Lipinski definition) is 1. The Kier molecular flexibility index (Phi) is 1.54. The lowest BCUT2D eigenvalue weighted by Gasteiger charge is -1.86. The fraction of sp³-hybridized carbons (Fsp3) is 0. The van der Waals surface area contributed by atoms with Crippen LogP contribution in [-0.2, 0) is 0 Å². The molecule has 2 aromatic heterocycles. The van der Waals surface area contributed by atoms with Crippen molar-refractivity contribution in [2.45, 2.75) is 0 Å². The van der Waals surface area contributed by atoms with Crippen LogP contribution in [0.5, 0.6) is 0 Å². The van der Waals surface area contributed by atoms with Crippen LogP contribution in [0, 0.1) is 0 Å². The molecule has 2 aromatic rings. The van der Waals surface area contributed by atoms with Gasteiger partial charge in [-0.3, -0.25) is 0 Å². The van der Waals surface area contributed by atoms with Crippen molar-refractivity contribution < 1.29 is 0 Å². The van der Waals surface area contributed by atoms with Crippen molar-refractivity contribution in [2.75, 3.05) is 5.73 Å². The SMILES string of the molecule is Nc1nc2cnc(Br)cc2s1. The summed E-state index contributed by atoms with van der Waals surface area (Å²) in [5.74, 6) is 0. The molecule has 0 aliphatic rings. The molecule has 56 valence electrons. The third-order valence-corrected chi connectivity index (χ3v) is 2.54. The zero-order chi connectivity index (χ0) is 7.84. The van der Waals surface area contributed by atoms with Crippen molar-refractivity contribution in [3.63, 3.8) is 0 Å². The topological polar surface area (TPSA) is 51.8 Å². The van der Waals surface area contributed by atoms with Crippen LogP contribution in [-0.4, -0.2) is 9.97 Å². The van der Waals surface area contributed by atoms with E-state index in [-0.39, 0.29) is 0 Å². The van der Waals surface area contributed by atoms with Gasteiger partial charge in [-0.2, -0.15) is 0 Å². The molecule has 0 saturated carbocycles. The minimum absolute atomic E-state index is 0.583. The predicted octanol–water partition coefficient (Wildman–Crippen LogP) is 2.04. The van der Waals surface area contributed by atoms with Crippen LogP contribution in [0.15, 0.2) is 16.9 Å². The Labute approximate surface area is 75.4 Å². The molecule has 2 heterocycles. The van der Waals surface area contributed by atoms with E-state index in [2.05, 4.69) is 25.9 Å². The first-order chi connectivity index (χ1) is 5.25.